The van der Waals surface area contributed by atoms with Crippen LogP contribution in [0.3, 0.4) is 0 Å². The van der Waals surface area contributed by atoms with Gasteiger partial charge in [0.15, 0.2) is 0 Å². The Hall–Kier alpha value is -6.78. The number of anilines is 9. The van der Waals surface area contributed by atoms with Crippen molar-refractivity contribution in [3.63, 3.8) is 0 Å². The molecule has 2 heterocycles. The number of para-hydroxylation sites is 2. The summed E-state index contributed by atoms with van der Waals surface area (Å²) in [5.74, 6) is 0. The summed E-state index contributed by atoms with van der Waals surface area (Å²) in [6.07, 6.45) is 3.21. The number of rotatable bonds is 6. The van der Waals surface area contributed by atoms with Crippen LogP contribution in [-0.2, 0) is 27.1 Å². The summed E-state index contributed by atoms with van der Waals surface area (Å²) < 4.78 is 27.8. The van der Waals surface area contributed by atoms with E-state index >= 15 is 0 Å². The maximum absolute atomic E-state index is 9.28. The molecule has 0 aromatic heterocycles. The predicted octanol–water partition coefficient (Wildman–Crippen LogP) is 16.8. The molecule has 12 rings (SSSR count). The van der Waals surface area contributed by atoms with Crippen LogP contribution in [0, 0.1) is 6.85 Å². The van der Waals surface area contributed by atoms with Crippen LogP contribution in [0.5, 0.6) is 0 Å². The normalized spacial score (nSPS) is 18.2. The van der Waals surface area contributed by atoms with E-state index in [0.717, 1.165) is 87.0 Å². The molecule has 0 atom stereocenters. The minimum absolute atomic E-state index is 0.0194. The zero-order valence-electron chi connectivity index (χ0n) is 47.2. The minimum Gasteiger partial charge on any atom is -0.311 e. The highest BCUT2D eigenvalue weighted by atomic mass is 15.2. The number of nitrogens with zero attached hydrogens (tertiary/aromatic N) is 3. The third-order valence-corrected chi connectivity index (χ3v) is 17.1. The number of hydrogen-bond acceptors (Lipinski definition) is 3. The maximum Gasteiger partial charge on any atom is 0.252 e. The molecule has 0 saturated carbocycles. The van der Waals surface area contributed by atoms with E-state index in [0.29, 0.717) is 5.56 Å². The highest BCUT2D eigenvalue weighted by Gasteiger charge is 2.48. The Morgan fingerprint density at radius 3 is 1.65 bits per heavy atom. The molecule has 8 aromatic rings. The van der Waals surface area contributed by atoms with Crippen molar-refractivity contribution in [1.29, 1.82) is 0 Å². The van der Waals surface area contributed by atoms with Gasteiger partial charge in [-0.2, -0.15) is 0 Å². The van der Waals surface area contributed by atoms with Gasteiger partial charge in [0, 0.05) is 55.2 Å². The summed E-state index contributed by atoms with van der Waals surface area (Å²) in [5.41, 5.74) is 21.7. The number of hydrogen-bond donors (Lipinski definition) is 0. The van der Waals surface area contributed by atoms with Gasteiger partial charge in [-0.1, -0.05) is 161 Å². The average molecular weight is 943 g/mol. The minimum atomic E-state index is -2.40. The number of benzene rings is 8. The molecule has 0 bridgehead atoms. The summed E-state index contributed by atoms with van der Waals surface area (Å²) in [7, 11) is 0. The Labute approximate surface area is 434 Å². The summed E-state index contributed by atoms with van der Waals surface area (Å²) in [5, 5.41) is 0. The highest BCUT2D eigenvalue weighted by Crippen LogP contribution is 2.55. The molecule has 360 valence electrons. The fourth-order valence-corrected chi connectivity index (χ4v) is 13.5. The molecule has 0 saturated heterocycles. The molecule has 8 aromatic carbocycles. The van der Waals surface area contributed by atoms with Gasteiger partial charge in [0.1, 0.15) is 0 Å². The average Bonchev–Trinajstić information content (AvgIpc) is 3.56. The third-order valence-electron chi connectivity index (χ3n) is 17.1. The van der Waals surface area contributed by atoms with Crippen molar-refractivity contribution < 1.29 is 4.11 Å². The smallest absolute Gasteiger partial charge is 0.252 e. The topological polar surface area (TPSA) is 9.72 Å². The van der Waals surface area contributed by atoms with Crippen LogP contribution in [0.2, 0.25) is 0 Å². The zero-order chi connectivity index (χ0) is 52.8. The molecular weight excluding hydrogens is 870 g/mol. The molecule has 0 N–H and O–H groups in total. The zero-order valence-corrected chi connectivity index (χ0v) is 44.2. The van der Waals surface area contributed by atoms with Crippen LogP contribution in [0.25, 0.3) is 11.1 Å². The second-order valence-corrected chi connectivity index (χ2v) is 25.0. The Balaban J connectivity index is 1.24. The second-order valence-electron chi connectivity index (χ2n) is 25.0. The van der Waals surface area contributed by atoms with E-state index in [9.17, 15) is 4.11 Å². The van der Waals surface area contributed by atoms with Crippen molar-refractivity contribution in [2.24, 2.45) is 0 Å². The van der Waals surface area contributed by atoms with E-state index in [1.165, 1.54) is 38.7 Å². The van der Waals surface area contributed by atoms with E-state index in [1.54, 1.807) is 0 Å². The van der Waals surface area contributed by atoms with Gasteiger partial charge in [-0.3, -0.25) is 0 Å². The lowest BCUT2D eigenvalue weighted by atomic mass is 9.33. The summed E-state index contributed by atoms with van der Waals surface area (Å²) in [4.78, 5) is 7.25. The van der Waals surface area contributed by atoms with Gasteiger partial charge < -0.3 is 14.7 Å². The van der Waals surface area contributed by atoms with E-state index in [1.807, 2.05) is 12.1 Å². The van der Waals surface area contributed by atoms with Gasteiger partial charge in [0.2, 0.25) is 0 Å². The van der Waals surface area contributed by atoms with Crippen molar-refractivity contribution in [3.05, 3.63) is 203 Å². The first-order chi connectivity index (χ1) is 35.4. The molecule has 0 radical (unpaired) electrons. The fraction of sp³-hybridized carbons (Fsp3) is 0.294. The molecule has 0 unspecified atom stereocenters. The van der Waals surface area contributed by atoms with Gasteiger partial charge in [-0.05, 0) is 193 Å². The van der Waals surface area contributed by atoms with E-state index in [4.69, 9.17) is 0 Å². The molecular formula is C68H70BN3. The van der Waals surface area contributed by atoms with E-state index in [-0.39, 0.29) is 33.8 Å². The van der Waals surface area contributed by atoms with Gasteiger partial charge in [0.05, 0.1) is 5.69 Å². The van der Waals surface area contributed by atoms with Crippen molar-refractivity contribution in [2.75, 3.05) is 14.7 Å². The monoisotopic (exact) mass is 943 g/mol. The number of aryl methyl sites for hydroxylation is 1. The molecule has 0 fully saturated rings. The lowest BCUT2D eigenvalue weighted by Crippen LogP contribution is -2.62. The Morgan fingerprint density at radius 2 is 1.03 bits per heavy atom. The van der Waals surface area contributed by atoms with Crippen LogP contribution < -0.4 is 31.1 Å². The first-order valence-corrected chi connectivity index (χ1v) is 26.3. The summed E-state index contributed by atoms with van der Waals surface area (Å²) in [6, 6.07) is 62.3. The lowest BCUT2D eigenvalue weighted by molar-refractivity contribution is 0.332. The van der Waals surface area contributed by atoms with Crippen molar-refractivity contribution in [2.45, 2.75) is 129 Å². The SMILES string of the molecule is [2H]C([2H])([2H])c1cc2c3c(c1)N(c1ccc(C(C)(C)C)cc1-c1ccccc1)c1ccc(N(c4ccccc4)c4ccccc4)cc1B3c1cc3c(cc1N2c1ccc2c(c1)C(C)(C)CC2(C)C)C(C)(C)CCC3(C)C. The second kappa shape index (κ2) is 16.1. The Kier molecular flexibility index (Phi) is 9.59. The van der Waals surface area contributed by atoms with Gasteiger partial charge in [0.25, 0.3) is 6.71 Å². The maximum atomic E-state index is 9.28. The van der Waals surface area contributed by atoms with Gasteiger partial charge in [-0.15, -0.1) is 0 Å². The van der Waals surface area contributed by atoms with Crippen molar-refractivity contribution in [3.8, 4) is 11.1 Å². The molecule has 0 amide bonds. The van der Waals surface area contributed by atoms with Crippen LogP contribution in [-0.4, -0.2) is 6.71 Å². The molecule has 0 spiro atoms. The van der Waals surface area contributed by atoms with Crippen molar-refractivity contribution >= 4 is 74.3 Å². The largest absolute Gasteiger partial charge is 0.311 e. The van der Waals surface area contributed by atoms with E-state index < -0.39 is 6.85 Å². The number of fused-ring (bicyclic) bond motifs is 6. The predicted molar refractivity (Wildman–Crippen MR) is 310 cm³/mol. The first-order valence-electron chi connectivity index (χ1n) is 27.8. The summed E-state index contributed by atoms with van der Waals surface area (Å²) >= 11 is 0. The van der Waals surface area contributed by atoms with Crippen LogP contribution in [0.4, 0.5) is 51.2 Å². The molecule has 3 nitrogen and oxygen atoms in total. The van der Waals surface area contributed by atoms with E-state index in [2.05, 4.69) is 249 Å². The first kappa shape index (κ1) is 42.9. The Morgan fingerprint density at radius 1 is 0.472 bits per heavy atom. The third kappa shape index (κ3) is 7.29. The quantitative estimate of drug-likeness (QED) is 0.154. The lowest BCUT2D eigenvalue weighted by Gasteiger charge is -2.48. The molecule has 72 heavy (non-hydrogen) atoms. The fourth-order valence-electron chi connectivity index (χ4n) is 13.5. The molecule has 4 heteroatoms. The molecule has 2 aliphatic carbocycles. The standard InChI is InChI=1S/C68H70BN3/c1-44-36-61-63-62(37-44)72(58-32-28-46(64(2,3)4)38-51(58)45-22-16-13-17-23-45)59-33-30-50(70(47-24-18-14-19-25-47)48-26-20-15-21-27-48)40-56(59)69(63)57-41-54-55(66(7,8)35-34-65(54,5)6)42-60(57)71(61)49-29-31-52-53(39-49)68(11,12)43-67(52,9)10/h13-33,36-42H,34-35,43H2,1-12H3/i1D3. The van der Waals surface area contributed by atoms with Gasteiger partial charge >= 0.3 is 0 Å². The Bertz CT molecular complexity index is 3530. The summed E-state index contributed by atoms with van der Waals surface area (Å²) in [6.45, 7) is 23.4. The van der Waals surface area contributed by atoms with Gasteiger partial charge in [-0.25, -0.2) is 0 Å². The van der Waals surface area contributed by atoms with Crippen LogP contribution in [0.15, 0.2) is 170 Å². The van der Waals surface area contributed by atoms with Crippen molar-refractivity contribution in [1.82, 2.24) is 0 Å². The van der Waals surface area contributed by atoms with Crippen LogP contribution >= 0.6 is 0 Å². The molecule has 2 aliphatic heterocycles. The highest BCUT2D eigenvalue weighted by molar-refractivity contribution is 7.00. The molecule has 4 aliphatic rings. The van der Waals surface area contributed by atoms with Crippen LogP contribution in [0.1, 0.15) is 133 Å².